The van der Waals surface area contributed by atoms with Gasteiger partial charge in [-0.2, -0.15) is 0 Å². The van der Waals surface area contributed by atoms with Crippen LogP contribution >= 0.6 is 0 Å². The van der Waals surface area contributed by atoms with E-state index >= 15 is 0 Å². The Morgan fingerprint density at radius 1 is 0.739 bits per heavy atom. The number of carbonyl (C=O) groups is 2. The van der Waals surface area contributed by atoms with Gasteiger partial charge in [0.2, 0.25) is 5.91 Å². The molecule has 0 aromatic rings. The molecule has 3 aliphatic heterocycles. The number of amides is 1. The molecule has 0 aliphatic carbocycles. The van der Waals surface area contributed by atoms with Crippen molar-refractivity contribution in [3.8, 4) is 0 Å². The molecular weight excluding hydrogens is 901 g/mol. The molecule has 3 aliphatic rings. The summed E-state index contributed by atoms with van der Waals surface area (Å²) in [4.78, 5) is 26.1. The van der Waals surface area contributed by atoms with Gasteiger partial charge in [-0.15, -0.1) is 0 Å². The third-order valence-corrected chi connectivity index (χ3v) is 13.0. The van der Waals surface area contributed by atoms with Gasteiger partial charge in [0.15, 0.2) is 12.1 Å². The molecule has 1 amide bonds. The molecule has 14 N–H and O–H groups in total. The highest BCUT2D eigenvalue weighted by molar-refractivity contribution is 5.80. The Hall–Kier alpha value is -3.22. The van der Waals surface area contributed by atoms with Crippen molar-refractivity contribution in [1.82, 2.24) is 5.32 Å². The summed E-state index contributed by atoms with van der Waals surface area (Å²) < 4.78 is 23.3. The van der Waals surface area contributed by atoms with E-state index in [1.54, 1.807) is 45.1 Å². The van der Waals surface area contributed by atoms with Gasteiger partial charge in [-0.25, -0.2) is 0 Å². The zero-order chi connectivity index (χ0) is 51.3. The number of hydrogen-bond donors (Lipinski definition) is 13. The minimum atomic E-state index is -2.28. The molecule has 0 aromatic heterocycles. The van der Waals surface area contributed by atoms with Gasteiger partial charge in [-0.05, 0) is 58.8 Å². The minimum absolute atomic E-state index is 0.0842. The molecule has 1 unspecified atom stereocenters. The Balaban J connectivity index is 1.87. The van der Waals surface area contributed by atoms with E-state index < -0.39 is 147 Å². The molecule has 19 atom stereocenters. The molecule has 3 heterocycles. The molecule has 2 saturated heterocycles. The second kappa shape index (κ2) is 30.6. The fraction of sp³-hybridized carbons (Fsp3) is 0.720. The first-order valence-corrected chi connectivity index (χ1v) is 24.3. The van der Waals surface area contributed by atoms with Gasteiger partial charge in [0, 0.05) is 37.1 Å². The number of aliphatic hydroxyl groups is 11. The maximum Gasteiger partial charge on any atom is 0.308 e. The number of allylic oxidation sites excluding steroid dienone is 10. The van der Waals surface area contributed by atoms with Crippen molar-refractivity contribution in [3.05, 3.63) is 72.9 Å². The quantitative estimate of drug-likeness (QED) is 0.158. The van der Waals surface area contributed by atoms with Gasteiger partial charge < -0.3 is 86.2 Å². The summed E-state index contributed by atoms with van der Waals surface area (Å²) in [6.45, 7) is 6.15. The first-order chi connectivity index (χ1) is 32.7. The van der Waals surface area contributed by atoms with Crippen LogP contribution in [-0.4, -0.2) is 179 Å². The van der Waals surface area contributed by atoms with Crippen LogP contribution < -0.4 is 11.1 Å². The van der Waals surface area contributed by atoms with E-state index in [0.29, 0.717) is 0 Å². The van der Waals surface area contributed by atoms with Gasteiger partial charge in [0.25, 0.3) is 0 Å². The van der Waals surface area contributed by atoms with Crippen LogP contribution in [-0.2, 0) is 28.5 Å². The molecule has 19 nitrogen and oxygen atoms in total. The van der Waals surface area contributed by atoms with Crippen molar-refractivity contribution in [1.29, 1.82) is 0 Å². The number of hydrogen-bond acceptors (Lipinski definition) is 18. The van der Waals surface area contributed by atoms with Crippen LogP contribution in [0.2, 0.25) is 0 Å². The maximum absolute atomic E-state index is 13.5. The van der Waals surface area contributed by atoms with Crippen LogP contribution in [0.5, 0.6) is 0 Å². The predicted molar refractivity (Wildman–Crippen MR) is 254 cm³/mol. The van der Waals surface area contributed by atoms with Crippen LogP contribution in [0.25, 0.3) is 0 Å². The van der Waals surface area contributed by atoms with Crippen LogP contribution in [0.15, 0.2) is 72.9 Å². The normalized spacial score (nSPS) is 43.3. The molecule has 0 aromatic carbocycles. The molecule has 3 rings (SSSR count). The number of ether oxygens (including phenoxy) is 4. The average Bonchev–Trinajstić information content (AvgIpc) is 3.28. The third kappa shape index (κ3) is 20.8. The van der Waals surface area contributed by atoms with E-state index in [1.165, 1.54) is 0 Å². The Morgan fingerprint density at radius 2 is 1.35 bits per heavy atom. The van der Waals surface area contributed by atoms with Crippen LogP contribution in [0, 0.1) is 23.7 Å². The monoisotopic (exact) mass is 983 g/mol. The number of fused-ring (bicyclic) bond motifs is 2. The highest BCUT2D eigenvalue weighted by Gasteiger charge is 2.50. The van der Waals surface area contributed by atoms with Crippen LogP contribution in [0.3, 0.4) is 0 Å². The number of nitrogens with one attached hydrogen (secondary N) is 1. The average molecular weight is 983 g/mol. The van der Waals surface area contributed by atoms with Crippen LogP contribution in [0.1, 0.15) is 91.9 Å². The Morgan fingerprint density at radius 3 is 2.03 bits per heavy atom. The van der Waals surface area contributed by atoms with Gasteiger partial charge in [-0.3, -0.25) is 9.59 Å². The van der Waals surface area contributed by atoms with E-state index in [1.807, 2.05) is 55.5 Å². The van der Waals surface area contributed by atoms with Crippen molar-refractivity contribution in [2.75, 3.05) is 19.8 Å². The van der Waals surface area contributed by atoms with Crippen LogP contribution in [0.4, 0.5) is 0 Å². The maximum atomic E-state index is 13.5. The van der Waals surface area contributed by atoms with Crippen molar-refractivity contribution in [2.24, 2.45) is 29.4 Å². The SMILES string of the molecule is C[C@@H]1[C@H](O)[C@@H](C)/C=C/C=C/CC/C=C/C=C/C=C/C=C/[C@H](CO[C@@H]2O[C@H](C)[C@@H](O)[C@H](N)[C@@H]2O)CC2O[C@](O)(C[C@@H](O)[C@H](O)CC[C@@H](O)C[C@@H](O)C[C@@H](O)CC(=O)O[C@H]1C)C[C@H](O)[C@H]2C(=O)NCCO. The largest absolute Gasteiger partial charge is 0.462 e. The number of cyclic esters (lactones) is 1. The second-order valence-corrected chi connectivity index (χ2v) is 18.9. The number of rotatable bonds is 6. The number of nitrogens with two attached hydrogens (primary N) is 1. The number of esters is 1. The Kier molecular flexibility index (Phi) is 26.7. The zero-order valence-corrected chi connectivity index (χ0v) is 40.5. The molecule has 0 saturated carbocycles. The van der Waals surface area contributed by atoms with Crippen molar-refractivity contribution < 1.29 is 84.7 Å². The molecule has 2 fully saturated rings. The summed E-state index contributed by atoms with van der Waals surface area (Å²) in [5.41, 5.74) is 6.03. The van der Waals surface area contributed by atoms with Gasteiger partial charge >= 0.3 is 5.97 Å². The highest BCUT2D eigenvalue weighted by atomic mass is 16.7. The van der Waals surface area contributed by atoms with Gasteiger partial charge in [0.1, 0.15) is 12.2 Å². The van der Waals surface area contributed by atoms with E-state index in [9.17, 15) is 65.8 Å². The van der Waals surface area contributed by atoms with Crippen molar-refractivity contribution >= 4 is 11.9 Å². The molecular formula is C50H82N2O17. The molecule has 69 heavy (non-hydrogen) atoms. The molecule has 0 radical (unpaired) electrons. The van der Waals surface area contributed by atoms with Crippen molar-refractivity contribution in [2.45, 2.75) is 183 Å². The minimum Gasteiger partial charge on any atom is -0.462 e. The third-order valence-electron chi connectivity index (χ3n) is 13.0. The predicted octanol–water partition coefficient (Wildman–Crippen LogP) is 0.207. The fourth-order valence-electron chi connectivity index (χ4n) is 8.63. The highest BCUT2D eigenvalue weighted by Crippen LogP contribution is 2.38. The first-order valence-electron chi connectivity index (χ1n) is 24.3. The van der Waals surface area contributed by atoms with Crippen molar-refractivity contribution in [3.63, 3.8) is 0 Å². The second-order valence-electron chi connectivity index (χ2n) is 18.9. The number of carbonyl (C=O) groups excluding carboxylic acids is 2. The van der Waals surface area contributed by atoms with E-state index in [4.69, 9.17) is 24.7 Å². The standard InChI is InChI=1S/C50H82N2O17/c1-30-17-15-13-11-9-7-5-6-8-10-12-14-16-18-34(29-66-49-47(63)44(51)46(62)33(4)68-49)23-41-43(48(64)52-21-22-53)40(59)28-50(65,69-41)27-39(58)38(57)20-19-35(54)24-36(55)25-37(56)26-42(60)67-32(3)31(2)45(30)61/h5-6,8,10-18,30-41,43-47,49,53-59,61-63,65H,7,9,19-29,51H2,1-4H3,(H,52,64)/b6-5+,10-8+,13-11+,14-12+,17-15+,18-16+/t30-,31-,32-,33+,34-,35+,36+,37+,38+,39+,40-,41?,43+,44-,45+,46+,47-,49+,50+/m0/s1. The lowest BCUT2D eigenvalue weighted by Crippen LogP contribution is -2.61. The summed E-state index contributed by atoms with van der Waals surface area (Å²) in [7, 11) is 0. The summed E-state index contributed by atoms with van der Waals surface area (Å²) in [5.74, 6) is -6.32. The lowest BCUT2D eigenvalue weighted by Gasteiger charge is -2.45. The van der Waals surface area contributed by atoms with E-state index in [-0.39, 0.29) is 51.2 Å². The summed E-state index contributed by atoms with van der Waals surface area (Å²) in [6, 6.07) is -1.07. The lowest BCUT2D eigenvalue weighted by molar-refractivity contribution is -0.301. The Labute approximate surface area is 406 Å². The fourth-order valence-corrected chi connectivity index (χ4v) is 8.63. The van der Waals surface area contributed by atoms with E-state index in [2.05, 4.69) is 5.32 Å². The molecule has 2 bridgehead atoms. The van der Waals surface area contributed by atoms with Gasteiger partial charge in [-0.1, -0.05) is 86.8 Å². The van der Waals surface area contributed by atoms with Gasteiger partial charge in [0.05, 0.1) is 92.6 Å². The summed E-state index contributed by atoms with van der Waals surface area (Å²) in [5, 5.41) is 121. The Bertz CT molecular complexity index is 1690. The molecule has 394 valence electrons. The molecule has 0 spiro atoms. The smallest absolute Gasteiger partial charge is 0.308 e. The first kappa shape index (κ1) is 60.1. The number of aliphatic hydroxyl groups excluding tert-OH is 10. The lowest BCUT2D eigenvalue weighted by atomic mass is 9.80. The zero-order valence-electron chi connectivity index (χ0n) is 40.5. The molecule has 19 heteroatoms. The summed E-state index contributed by atoms with van der Waals surface area (Å²) in [6.07, 6.45) is 5.30. The van der Waals surface area contributed by atoms with E-state index in [0.717, 1.165) is 12.8 Å². The topological polar surface area (TPSA) is 332 Å². The summed E-state index contributed by atoms with van der Waals surface area (Å²) >= 11 is 0.